The van der Waals surface area contributed by atoms with E-state index in [-0.39, 0.29) is 30.7 Å². The normalized spacial score (nSPS) is 15.3. The fourth-order valence-corrected chi connectivity index (χ4v) is 3.22. The molecule has 0 spiro atoms. The van der Waals surface area contributed by atoms with E-state index in [1.165, 1.54) is 0 Å². The molecule has 1 aliphatic rings. The van der Waals surface area contributed by atoms with Crippen molar-refractivity contribution in [2.24, 2.45) is 5.10 Å². The first kappa shape index (κ1) is 23.4. The zero-order valence-electron chi connectivity index (χ0n) is 16.5. The predicted molar refractivity (Wildman–Crippen MR) is 104 cm³/mol. The monoisotopic (exact) mass is 448 g/mol. The second-order valence-electron chi connectivity index (χ2n) is 6.68. The number of amides is 1. The number of nitrogens with zero attached hydrogens (tertiary/aromatic N) is 1. The molecule has 1 unspecified atom stereocenters. The number of likely N-dealkylation sites (N-methyl/N-ethyl adjacent to an activating group) is 1. The van der Waals surface area contributed by atoms with Crippen LogP contribution >= 0.6 is 0 Å². The molecule has 1 aliphatic heterocycles. The lowest BCUT2D eigenvalue weighted by Gasteiger charge is -2.19. The summed E-state index contributed by atoms with van der Waals surface area (Å²) in [6.45, 7) is 0.736. The predicted octanol–water partition coefficient (Wildman–Crippen LogP) is -5.44. The number of hydrazone groups is 1. The number of nitrogens with one attached hydrogen (secondary N) is 3. The lowest BCUT2D eigenvalue weighted by Crippen LogP contribution is -3.14. The molecule has 0 saturated carbocycles. The van der Waals surface area contributed by atoms with Crippen LogP contribution in [0.3, 0.4) is 0 Å². The molecule has 0 bridgehead atoms. The maximum absolute atomic E-state index is 11.4. The van der Waals surface area contributed by atoms with Gasteiger partial charge in [-0.3, -0.25) is 9.69 Å². The van der Waals surface area contributed by atoms with Crippen LogP contribution in [-0.2, 0) is 11.4 Å². The molecule has 30 heavy (non-hydrogen) atoms. The molecule has 3 aromatic rings. The van der Waals surface area contributed by atoms with Crippen molar-refractivity contribution in [3.63, 3.8) is 0 Å². The summed E-state index contributed by atoms with van der Waals surface area (Å²) in [5.74, 6) is 1.92. The van der Waals surface area contributed by atoms with Crippen molar-refractivity contribution in [3.8, 4) is 11.5 Å². The molecule has 9 heteroatoms. The minimum atomic E-state index is -0.0974. The number of H-pyrrole nitrogens is 1. The van der Waals surface area contributed by atoms with Gasteiger partial charge in [0.05, 0.1) is 19.7 Å². The van der Waals surface area contributed by atoms with Gasteiger partial charge in [0.2, 0.25) is 11.2 Å². The van der Waals surface area contributed by atoms with E-state index in [0.717, 1.165) is 32.9 Å². The molecule has 7 nitrogen and oxygen atoms in total. The number of quaternary nitrogens is 1. The van der Waals surface area contributed by atoms with E-state index in [1.807, 2.05) is 49.5 Å². The van der Waals surface area contributed by atoms with E-state index >= 15 is 0 Å². The minimum Gasteiger partial charge on any atom is -1.00 e. The summed E-state index contributed by atoms with van der Waals surface area (Å²) in [5, 5.41) is 5.32. The van der Waals surface area contributed by atoms with Crippen molar-refractivity contribution in [2.45, 2.75) is 6.61 Å². The third kappa shape index (κ3) is 4.99. The van der Waals surface area contributed by atoms with E-state index in [1.54, 1.807) is 7.11 Å². The number of carbonyl (C=O) groups is 1. The number of methoxy groups -OCH3 is 1. The van der Waals surface area contributed by atoms with Crippen molar-refractivity contribution < 1.29 is 49.0 Å². The zero-order chi connectivity index (χ0) is 19.5. The summed E-state index contributed by atoms with van der Waals surface area (Å²) in [4.78, 5) is 15.7. The zero-order valence-corrected chi connectivity index (χ0v) is 18.1. The largest absolute Gasteiger partial charge is 1.00 e. The summed E-state index contributed by atoms with van der Waals surface area (Å²) < 4.78 is 11.5. The number of rotatable bonds is 5. The van der Waals surface area contributed by atoms with Gasteiger partial charge in [-0.1, -0.05) is 12.1 Å². The number of para-hydroxylation sites is 1. The minimum absolute atomic E-state index is 0. The number of fused-ring (bicyclic) bond motifs is 1. The van der Waals surface area contributed by atoms with Crippen LogP contribution in [0.5, 0.6) is 11.5 Å². The number of ether oxygens (including phenoxy) is 2. The second kappa shape index (κ2) is 10.2. The Bertz CT molecular complexity index is 1080. The third-order valence-electron chi connectivity index (χ3n) is 4.66. The Balaban J connectivity index is 0.00000160. The second-order valence-corrected chi connectivity index (χ2v) is 6.68. The van der Waals surface area contributed by atoms with Crippen molar-refractivity contribution in [3.05, 3.63) is 65.9 Å². The topological polar surface area (TPSA) is 78.5 Å². The number of carbonyl (C=O) groups excluding carboxylic acids is 1. The highest BCUT2D eigenvalue weighted by atomic mass is 35.5. The van der Waals surface area contributed by atoms with Crippen LogP contribution in [0.2, 0.25) is 0 Å². The Morgan fingerprint density at radius 3 is 2.67 bits per heavy atom. The molecule has 1 aromatic heterocycles. The van der Waals surface area contributed by atoms with E-state index in [4.69, 9.17) is 9.47 Å². The van der Waals surface area contributed by atoms with E-state index < -0.39 is 0 Å². The molecule has 1 amide bonds. The number of benzene rings is 2. The first-order valence-corrected chi connectivity index (χ1v) is 9.04. The summed E-state index contributed by atoms with van der Waals surface area (Å²) in [7, 11) is 3.51. The van der Waals surface area contributed by atoms with Gasteiger partial charge in [0.15, 0.2) is 24.7 Å². The molecule has 2 aromatic carbocycles. The van der Waals surface area contributed by atoms with Crippen LogP contribution in [-0.4, -0.2) is 32.4 Å². The maximum atomic E-state index is 11.4. The van der Waals surface area contributed by atoms with Crippen molar-refractivity contribution in [1.29, 1.82) is 0 Å². The highest BCUT2D eigenvalue weighted by Crippen LogP contribution is 2.28. The van der Waals surface area contributed by atoms with Gasteiger partial charge < -0.3 is 34.3 Å². The van der Waals surface area contributed by atoms with Gasteiger partial charge in [0.1, 0.15) is 0 Å². The summed E-state index contributed by atoms with van der Waals surface area (Å²) >= 11 is 0. The molecule has 0 fully saturated rings. The molecule has 1 atom stereocenters. The third-order valence-corrected chi connectivity index (χ3v) is 4.66. The van der Waals surface area contributed by atoms with Crippen LogP contribution < -0.4 is 49.6 Å². The maximum Gasteiger partial charge on any atom is 0.295 e. The van der Waals surface area contributed by atoms with Crippen molar-refractivity contribution >= 4 is 22.6 Å². The number of amidine groups is 1. The van der Waals surface area contributed by atoms with Gasteiger partial charge in [0.25, 0.3) is 11.7 Å². The number of hydrogen-bond donors (Lipinski definition) is 2. The van der Waals surface area contributed by atoms with Crippen LogP contribution in [0.15, 0.2) is 59.7 Å². The van der Waals surface area contributed by atoms with Crippen molar-refractivity contribution in [1.82, 2.24) is 5.43 Å². The average molecular weight is 449 g/mol. The summed E-state index contributed by atoms with van der Waals surface area (Å²) in [6, 6.07) is 17.9. The number of aromatic amines is 1. The highest BCUT2D eigenvalue weighted by molar-refractivity contribution is 5.96. The van der Waals surface area contributed by atoms with Crippen LogP contribution in [0.1, 0.15) is 11.3 Å². The summed E-state index contributed by atoms with van der Waals surface area (Å²) in [5.41, 5.74) is 5.43. The van der Waals surface area contributed by atoms with Gasteiger partial charge in [-0.15, -0.1) is 5.10 Å². The molecule has 2 heterocycles. The first-order valence-electron chi connectivity index (χ1n) is 9.04. The average Bonchev–Trinajstić information content (AvgIpc) is 2.72. The Morgan fingerprint density at radius 2 is 1.90 bits per heavy atom. The Hall–Kier alpha value is -2.87. The lowest BCUT2D eigenvalue weighted by atomic mass is 10.1. The van der Waals surface area contributed by atoms with Crippen LogP contribution in [0.4, 0.5) is 0 Å². The molecule has 3 N–H and O–H groups in total. The van der Waals surface area contributed by atoms with Gasteiger partial charge in [-0.25, -0.2) is 10.4 Å². The van der Waals surface area contributed by atoms with E-state index in [0.29, 0.717) is 24.7 Å². The van der Waals surface area contributed by atoms with E-state index in [9.17, 15) is 4.79 Å². The standard InChI is InChI=1S/C21H20N4O3.2ClH/c1-25-12-20(26)23-24-21(25)15-8-10-18(19(11-15)27-2)28-13-16-9-7-14-5-3-4-6-17(14)22-16;;/h3-11H,12-13H2,1-2H3,(H,23,26);2*1H. The fourth-order valence-electron chi connectivity index (χ4n) is 3.22. The van der Waals surface area contributed by atoms with Gasteiger partial charge in [0, 0.05) is 17.5 Å². The lowest BCUT2D eigenvalue weighted by molar-refractivity contribution is -0.774. The van der Waals surface area contributed by atoms with Gasteiger partial charge >= 0.3 is 0 Å². The molecule has 0 radical (unpaired) electrons. The quantitative estimate of drug-likeness (QED) is 0.408. The van der Waals surface area contributed by atoms with Crippen molar-refractivity contribution in [2.75, 3.05) is 20.7 Å². The van der Waals surface area contributed by atoms with Gasteiger partial charge in [-0.2, -0.15) is 0 Å². The Kier molecular flexibility index (Phi) is 8.00. The smallest absolute Gasteiger partial charge is 0.295 e. The molecule has 158 valence electrons. The number of aromatic nitrogens is 1. The van der Waals surface area contributed by atoms with Crippen LogP contribution in [0.25, 0.3) is 10.9 Å². The number of pyridine rings is 1. The summed E-state index contributed by atoms with van der Waals surface area (Å²) in [6.07, 6.45) is 0. The molecular formula is C21H22Cl2N4O3. The Labute approximate surface area is 186 Å². The first-order chi connectivity index (χ1) is 13.6. The molecular weight excluding hydrogens is 427 g/mol. The number of hydrogen-bond acceptors (Lipinski definition) is 4. The van der Waals surface area contributed by atoms with Crippen LogP contribution in [0, 0.1) is 0 Å². The Morgan fingerprint density at radius 1 is 1.10 bits per heavy atom. The molecule has 0 saturated heterocycles. The highest BCUT2D eigenvalue weighted by Gasteiger charge is 2.24. The fraction of sp³-hybridized carbons (Fsp3) is 0.190. The van der Waals surface area contributed by atoms with Gasteiger partial charge in [-0.05, 0) is 30.3 Å². The molecule has 0 aliphatic carbocycles. The van der Waals surface area contributed by atoms with E-state index in [2.05, 4.69) is 27.6 Å². The number of halogens is 2. The molecule has 4 rings (SSSR count). The SMILES string of the molecule is COc1cc(C2=NNC(=O)C[NH+]2C)ccc1OCc1ccc2ccccc2[nH+]1.[Cl-].[Cl-].